The number of carbonyl (C=O) groups excluding carboxylic acids is 1. The summed E-state index contributed by atoms with van der Waals surface area (Å²) in [6.45, 7) is 1.61. The maximum Gasteiger partial charge on any atom is 0.513 e. The second kappa shape index (κ2) is 10.8. The number of carbonyl (C=O) groups is 1. The standard InChI is InChI=1S/C22H20BrClNO5P/c1-16(22(26)28-15-17-8-4-2-5-9-17)25-31(27,29-19-10-6-3-7-11-19)30-21-13-12-18(23)14-20(21)24/h2-14,16H,15H2,1H3,(H,25,27)/t16-,31?/m0/s1. The summed E-state index contributed by atoms with van der Waals surface area (Å²) in [5, 5.41) is 2.86. The number of para-hydroxylation sites is 1. The molecule has 0 saturated carbocycles. The molecule has 3 aromatic rings. The van der Waals surface area contributed by atoms with Crippen LogP contribution in [0, 0.1) is 0 Å². The molecule has 31 heavy (non-hydrogen) atoms. The van der Waals surface area contributed by atoms with E-state index < -0.39 is 19.8 Å². The zero-order chi connectivity index (χ0) is 22.3. The third-order valence-corrected chi connectivity index (χ3v) is 6.39. The normalized spacial score (nSPS) is 13.6. The minimum atomic E-state index is -4.06. The van der Waals surface area contributed by atoms with Gasteiger partial charge in [0.1, 0.15) is 24.1 Å². The van der Waals surface area contributed by atoms with Crippen molar-refractivity contribution in [2.45, 2.75) is 19.6 Å². The molecule has 1 N–H and O–H groups in total. The molecule has 3 rings (SSSR count). The van der Waals surface area contributed by atoms with Gasteiger partial charge in [0, 0.05) is 4.47 Å². The Kier molecular flexibility index (Phi) is 8.15. The van der Waals surface area contributed by atoms with Gasteiger partial charge in [-0.15, -0.1) is 0 Å². The van der Waals surface area contributed by atoms with Gasteiger partial charge in [-0.25, -0.2) is 4.57 Å². The molecule has 0 heterocycles. The summed E-state index contributed by atoms with van der Waals surface area (Å²) in [5.74, 6) is -0.163. The van der Waals surface area contributed by atoms with Crippen LogP contribution in [0.2, 0.25) is 5.02 Å². The lowest BCUT2D eigenvalue weighted by Gasteiger charge is -2.23. The number of rotatable bonds is 9. The number of ether oxygens (including phenoxy) is 1. The Labute approximate surface area is 194 Å². The second-order valence-corrected chi connectivity index (χ2v) is 9.45. The zero-order valence-corrected chi connectivity index (χ0v) is 19.8. The van der Waals surface area contributed by atoms with Gasteiger partial charge < -0.3 is 13.8 Å². The van der Waals surface area contributed by atoms with Crippen molar-refractivity contribution in [3.8, 4) is 11.5 Å². The minimum absolute atomic E-state index is 0.0922. The summed E-state index contributed by atoms with van der Waals surface area (Å²) in [5.41, 5.74) is 0.838. The van der Waals surface area contributed by atoms with Crippen LogP contribution in [0.4, 0.5) is 0 Å². The van der Waals surface area contributed by atoms with Crippen LogP contribution in [0.15, 0.2) is 83.3 Å². The number of hydrogen-bond acceptors (Lipinski definition) is 5. The molecular formula is C22H20BrClNO5P. The van der Waals surface area contributed by atoms with Gasteiger partial charge in [0.2, 0.25) is 0 Å². The molecule has 0 fully saturated rings. The molecule has 3 aromatic carbocycles. The van der Waals surface area contributed by atoms with Crippen LogP contribution in [0.25, 0.3) is 0 Å². The van der Waals surface area contributed by atoms with E-state index in [2.05, 4.69) is 21.0 Å². The maximum absolute atomic E-state index is 13.5. The molecule has 0 spiro atoms. The van der Waals surface area contributed by atoms with E-state index in [-0.39, 0.29) is 17.4 Å². The highest BCUT2D eigenvalue weighted by molar-refractivity contribution is 9.10. The zero-order valence-electron chi connectivity index (χ0n) is 16.5. The average molecular weight is 525 g/mol. The van der Waals surface area contributed by atoms with Crippen LogP contribution in [0.3, 0.4) is 0 Å². The van der Waals surface area contributed by atoms with Crippen molar-refractivity contribution in [1.82, 2.24) is 5.09 Å². The summed E-state index contributed by atoms with van der Waals surface area (Å²) in [6, 6.07) is 21.6. The van der Waals surface area contributed by atoms with Gasteiger partial charge in [0.05, 0.1) is 5.02 Å². The predicted octanol–water partition coefficient (Wildman–Crippen LogP) is 6.39. The van der Waals surface area contributed by atoms with E-state index in [0.717, 1.165) is 10.0 Å². The van der Waals surface area contributed by atoms with E-state index >= 15 is 0 Å². The molecule has 9 heteroatoms. The number of hydrogen-bond donors (Lipinski definition) is 1. The number of nitrogens with one attached hydrogen (secondary N) is 1. The molecule has 6 nitrogen and oxygen atoms in total. The van der Waals surface area contributed by atoms with E-state index in [1.54, 1.807) is 48.5 Å². The summed E-state index contributed by atoms with van der Waals surface area (Å²) >= 11 is 9.51. The summed E-state index contributed by atoms with van der Waals surface area (Å²) in [6.07, 6.45) is 0. The lowest BCUT2D eigenvalue weighted by molar-refractivity contribution is -0.146. The smallest absolute Gasteiger partial charge is 0.460 e. The molecule has 0 aliphatic heterocycles. The van der Waals surface area contributed by atoms with E-state index in [4.69, 9.17) is 25.4 Å². The SMILES string of the molecule is C[C@H](NP(=O)(Oc1ccccc1)Oc1ccc(Br)cc1Cl)C(=O)OCc1ccccc1. The van der Waals surface area contributed by atoms with Crippen molar-refractivity contribution < 1.29 is 23.1 Å². The quantitative estimate of drug-likeness (QED) is 0.258. The second-order valence-electron chi connectivity index (χ2n) is 6.51. The summed E-state index contributed by atoms with van der Waals surface area (Å²) in [4.78, 5) is 12.5. The lowest BCUT2D eigenvalue weighted by atomic mass is 10.2. The van der Waals surface area contributed by atoms with Gasteiger partial charge in [-0.2, -0.15) is 5.09 Å². The monoisotopic (exact) mass is 523 g/mol. The topological polar surface area (TPSA) is 73.9 Å². The Hall–Kier alpha value is -2.31. The Bertz CT molecular complexity index is 1070. The van der Waals surface area contributed by atoms with Crippen LogP contribution in [-0.4, -0.2) is 12.0 Å². The average Bonchev–Trinajstić information content (AvgIpc) is 2.75. The van der Waals surface area contributed by atoms with Gasteiger partial charge in [-0.3, -0.25) is 4.79 Å². The van der Waals surface area contributed by atoms with Crippen LogP contribution in [0.1, 0.15) is 12.5 Å². The van der Waals surface area contributed by atoms with Crippen molar-refractivity contribution in [3.63, 3.8) is 0 Å². The molecule has 0 aliphatic rings. The summed E-state index contributed by atoms with van der Waals surface area (Å²) in [7, 11) is -4.06. The van der Waals surface area contributed by atoms with E-state index in [1.807, 2.05) is 30.3 Å². The minimum Gasteiger partial charge on any atom is -0.460 e. The highest BCUT2D eigenvalue weighted by Crippen LogP contribution is 2.47. The molecule has 1 unspecified atom stereocenters. The van der Waals surface area contributed by atoms with Crippen LogP contribution >= 0.6 is 35.3 Å². The number of esters is 1. The third-order valence-electron chi connectivity index (χ3n) is 4.01. The molecule has 0 saturated heterocycles. The Morgan fingerprint density at radius 1 is 1.03 bits per heavy atom. The number of halogens is 2. The fourth-order valence-corrected chi connectivity index (χ4v) is 4.82. The van der Waals surface area contributed by atoms with Crippen LogP contribution < -0.4 is 14.1 Å². The molecule has 0 amide bonds. The lowest BCUT2D eigenvalue weighted by Crippen LogP contribution is -2.35. The van der Waals surface area contributed by atoms with E-state index in [9.17, 15) is 9.36 Å². The van der Waals surface area contributed by atoms with E-state index in [0.29, 0.717) is 5.75 Å². The molecule has 2 atom stereocenters. The first-order chi connectivity index (χ1) is 14.8. The van der Waals surface area contributed by atoms with Gasteiger partial charge in [-0.05, 0) is 42.8 Å². The highest BCUT2D eigenvalue weighted by atomic mass is 79.9. The van der Waals surface area contributed by atoms with Crippen molar-refractivity contribution in [2.75, 3.05) is 0 Å². The fraction of sp³-hybridized carbons (Fsp3) is 0.136. The van der Waals surface area contributed by atoms with Gasteiger partial charge in [-0.1, -0.05) is 76.1 Å². The predicted molar refractivity (Wildman–Crippen MR) is 123 cm³/mol. The Morgan fingerprint density at radius 3 is 2.32 bits per heavy atom. The largest absolute Gasteiger partial charge is 0.513 e. The van der Waals surface area contributed by atoms with Gasteiger partial charge >= 0.3 is 13.7 Å². The van der Waals surface area contributed by atoms with Crippen LogP contribution in [0.5, 0.6) is 11.5 Å². The first kappa shape index (κ1) is 23.4. The third kappa shape index (κ3) is 7.11. The molecule has 162 valence electrons. The van der Waals surface area contributed by atoms with Crippen molar-refractivity contribution >= 4 is 41.2 Å². The Balaban J connectivity index is 1.75. The molecule has 0 aromatic heterocycles. The van der Waals surface area contributed by atoms with E-state index in [1.165, 1.54) is 6.92 Å². The molecular weight excluding hydrogens is 505 g/mol. The van der Waals surface area contributed by atoms with Gasteiger partial charge in [0.15, 0.2) is 0 Å². The maximum atomic E-state index is 13.5. The fourth-order valence-electron chi connectivity index (χ4n) is 2.51. The van der Waals surface area contributed by atoms with Crippen molar-refractivity contribution in [3.05, 3.63) is 93.9 Å². The van der Waals surface area contributed by atoms with Crippen LogP contribution in [-0.2, 0) is 20.7 Å². The van der Waals surface area contributed by atoms with Crippen molar-refractivity contribution in [2.24, 2.45) is 0 Å². The summed E-state index contributed by atoms with van der Waals surface area (Å²) < 4.78 is 30.8. The molecule has 0 bridgehead atoms. The van der Waals surface area contributed by atoms with Crippen molar-refractivity contribution in [1.29, 1.82) is 0 Å². The molecule has 0 aliphatic carbocycles. The molecule has 0 radical (unpaired) electrons. The van der Waals surface area contributed by atoms with Gasteiger partial charge in [0.25, 0.3) is 0 Å². The highest BCUT2D eigenvalue weighted by Gasteiger charge is 2.34. The first-order valence-corrected chi connectivity index (χ1v) is 12.0. The first-order valence-electron chi connectivity index (χ1n) is 9.32. The number of benzene rings is 3. The Morgan fingerprint density at radius 2 is 1.68 bits per heavy atom.